The predicted molar refractivity (Wildman–Crippen MR) is 89.7 cm³/mol. The number of benzene rings is 1. The summed E-state index contributed by atoms with van der Waals surface area (Å²) in [5, 5.41) is 7.84. The van der Waals surface area contributed by atoms with Gasteiger partial charge in [0.2, 0.25) is 5.91 Å². The summed E-state index contributed by atoms with van der Waals surface area (Å²) in [6, 6.07) is 9.30. The standard InChI is InChI=1S/C18H17FN4O/c19-14-4-3-12(8-14)18(24)23(16-2-1-7-20-11-16)15-5-6-17-13(9-15)10-21-22-17/h1-2,5-7,9-12,14H,3-4,8H2,(H,21,22). The smallest absolute Gasteiger partial charge is 0.234 e. The van der Waals surface area contributed by atoms with Crippen LogP contribution in [0, 0.1) is 5.92 Å². The Morgan fingerprint density at radius 1 is 1.21 bits per heavy atom. The number of hydrogen-bond donors (Lipinski definition) is 1. The van der Waals surface area contributed by atoms with Crippen LogP contribution in [0.15, 0.2) is 48.9 Å². The number of amides is 1. The highest BCUT2D eigenvalue weighted by Gasteiger charge is 2.34. The summed E-state index contributed by atoms with van der Waals surface area (Å²) in [7, 11) is 0. The number of carbonyl (C=O) groups excluding carboxylic acids is 1. The number of alkyl halides is 1. The number of rotatable bonds is 3. The second kappa shape index (κ2) is 6.03. The lowest BCUT2D eigenvalue weighted by molar-refractivity contribution is -0.121. The van der Waals surface area contributed by atoms with Crippen molar-refractivity contribution in [1.82, 2.24) is 15.2 Å². The predicted octanol–water partition coefficient (Wildman–Crippen LogP) is 3.76. The summed E-state index contributed by atoms with van der Waals surface area (Å²) >= 11 is 0. The SMILES string of the molecule is O=C(C1CCC(F)C1)N(c1cccnc1)c1ccc2[nH]ncc2c1. The highest BCUT2D eigenvalue weighted by molar-refractivity contribution is 6.03. The molecular weight excluding hydrogens is 307 g/mol. The molecule has 1 aliphatic carbocycles. The first kappa shape index (κ1) is 14.8. The van der Waals surface area contributed by atoms with Gasteiger partial charge in [-0.05, 0) is 49.6 Å². The zero-order valence-electron chi connectivity index (χ0n) is 13.0. The number of pyridine rings is 1. The number of carbonyl (C=O) groups is 1. The zero-order chi connectivity index (χ0) is 16.5. The third-order valence-corrected chi connectivity index (χ3v) is 4.52. The molecule has 1 fully saturated rings. The highest BCUT2D eigenvalue weighted by atomic mass is 19.1. The molecule has 5 nitrogen and oxygen atoms in total. The average molecular weight is 324 g/mol. The number of hydrogen-bond acceptors (Lipinski definition) is 3. The van der Waals surface area contributed by atoms with Crippen LogP contribution in [0.5, 0.6) is 0 Å². The fourth-order valence-corrected chi connectivity index (χ4v) is 3.29. The summed E-state index contributed by atoms with van der Waals surface area (Å²) in [6.07, 6.45) is 5.49. The Morgan fingerprint density at radius 2 is 2.12 bits per heavy atom. The number of aromatic amines is 1. The zero-order valence-corrected chi connectivity index (χ0v) is 13.0. The van der Waals surface area contributed by atoms with E-state index < -0.39 is 6.17 Å². The molecule has 2 heterocycles. The first-order chi connectivity index (χ1) is 11.7. The van der Waals surface area contributed by atoms with Crippen molar-refractivity contribution in [2.45, 2.75) is 25.4 Å². The maximum atomic E-state index is 13.6. The summed E-state index contributed by atoms with van der Waals surface area (Å²) in [4.78, 5) is 18.8. The first-order valence-electron chi connectivity index (χ1n) is 8.03. The lowest BCUT2D eigenvalue weighted by atomic mass is 10.1. The summed E-state index contributed by atoms with van der Waals surface area (Å²) in [6.45, 7) is 0. The second-order valence-electron chi connectivity index (χ2n) is 6.13. The largest absolute Gasteiger partial charge is 0.279 e. The minimum atomic E-state index is -0.883. The van der Waals surface area contributed by atoms with Crippen molar-refractivity contribution >= 4 is 28.2 Å². The maximum absolute atomic E-state index is 13.6. The molecule has 2 aromatic heterocycles. The number of nitrogens with one attached hydrogen (secondary N) is 1. The minimum Gasteiger partial charge on any atom is -0.279 e. The van der Waals surface area contributed by atoms with Gasteiger partial charge < -0.3 is 0 Å². The van der Waals surface area contributed by atoms with Crippen LogP contribution in [-0.2, 0) is 4.79 Å². The van der Waals surface area contributed by atoms with Crippen LogP contribution < -0.4 is 4.90 Å². The van der Waals surface area contributed by atoms with Crippen LogP contribution in [0.25, 0.3) is 10.9 Å². The lowest BCUT2D eigenvalue weighted by Gasteiger charge is -2.25. The average Bonchev–Trinajstić information content (AvgIpc) is 3.24. The van der Waals surface area contributed by atoms with E-state index in [1.807, 2.05) is 24.3 Å². The molecule has 1 saturated carbocycles. The van der Waals surface area contributed by atoms with Crippen LogP contribution in [0.2, 0.25) is 0 Å². The normalized spacial score (nSPS) is 20.4. The molecule has 2 unspecified atom stereocenters. The molecule has 0 spiro atoms. The fraction of sp³-hybridized carbons (Fsp3) is 0.278. The van der Waals surface area contributed by atoms with E-state index in [2.05, 4.69) is 15.2 Å². The molecule has 3 aromatic rings. The highest BCUT2D eigenvalue weighted by Crippen LogP contribution is 2.35. The lowest BCUT2D eigenvalue weighted by Crippen LogP contribution is -2.31. The molecule has 0 saturated heterocycles. The quantitative estimate of drug-likeness (QED) is 0.798. The molecule has 6 heteroatoms. The molecule has 2 atom stereocenters. The van der Waals surface area contributed by atoms with E-state index in [1.54, 1.807) is 29.6 Å². The van der Waals surface area contributed by atoms with E-state index in [0.717, 1.165) is 16.6 Å². The van der Waals surface area contributed by atoms with Crippen LogP contribution in [-0.4, -0.2) is 27.3 Å². The van der Waals surface area contributed by atoms with Gasteiger partial charge in [0.05, 0.1) is 23.6 Å². The Labute approximate surface area is 138 Å². The van der Waals surface area contributed by atoms with Gasteiger partial charge in [-0.3, -0.25) is 19.8 Å². The molecule has 0 radical (unpaired) electrons. The molecule has 4 rings (SSSR count). The summed E-state index contributed by atoms with van der Waals surface area (Å²) in [5.41, 5.74) is 2.33. The van der Waals surface area contributed by atoms with Gasteiger partial charge >= 0.3 is 0 Å². The molecule has 1 aromatic carbocycles. The summed E-state index contributed by atoms with van der Waals surface area (Å²) < 4.78 is 13.6. The van der Waals surface area contributed by atoms with Crippen molar-refractivity contribution in [3.63, 3.8) is 0 Å². The van der Waals surface area contributed by atoms with Gasteiger partial charge in [0.25, 0.3) is 0 Å². The number of halogens is 1. The Balaban J connectivity index is 1.76. The number of aromatic nitrogens is 3. The monoisotopic (exact) mass is 324 g/mol. The van der Waals surface area contributed by atoms with Crippen LogP contribution >= 0.6 is 0 Å². The summed E-state index contributed by atoms with van der Waals surface area (Å²) in [5.74, 6) is -0.369. The van der Waals surface area contributed by atoms with E-state index in [4.69, 9.17) is 0 Å². The molecule has 0 aliphatic heterocycles. The maximum Gasteiger partial charge on any atom is 0.234 e. The molecule has 0 bridgehead atoms. The molecule has 1 aliphatic rings. The topological polar surface area (TPSA) is 61.9 Å². The van der Waals surface area contributed by atoms with Gasteiger partial charge in [0.15, 0.2) is 0 Å². The van der Waals surface area contributed by atoms with Gasteiger partial charge in [0, 0.05) is 23.2 Å². The van der Waals surface area contributed by atoms with Crippen LogP contribution in [0.3, 0.4) is 0 Å². The van der Waals surface area contributed by atoms with Gasteiger partial charge in [-0.2, -0.15) is 5.10 Å². The van der Waals surface area contributed by atoms with Crippen molar-refractivity contribution in [3.8, 4) is 0 Å². The molecular formula is C18H17FN4O. The van der Waals surface area contributed by atoms with Crippen molar-refractivity contribution in [2.75, 3.05) is 4.90 Å². The van der Waals surface area contributed by atoms with E-state index >= 15 is 0 Å². The Morgan fingerprint density at radius 3 is 2.88 bits per heavy atom. The van der Waals surface area contributed by atoms with Gasteiger partial charge in [0.1, 0.15) is 6.17 Å². The molecule has 1 amide bonds. The Bertz CT molecular complexity index is 864. The fourth-order valence-electron chi connectivity index (χ4n) is 3.29. The van der Waals surface area contributed by atoms with Crippen LogP contribution in [0.1, 0.15) is 19.3 Å². The number of fused-ring (bicyclic) bond motifs is 1. The number of H-pyrrole nitrogens is 1. The Hall–Kier alpha value is -2.76. The van der Waals surface area contributed by atoms with E-state index in [1.165, 1.54) is 0 Å². The van der Waals surface area contributed by atoms with Crippen molar-refractivity contribution in [1.29, 1.82) is 0 Å². The number of nitrogens with zero attached hydrogens (tertiary/aromatic N) is 3. The second-order valence-corrected chi connectivity index (χ2v) is 6.13. The first-order valence-corrected chi connectivity index (χ1v) is 8.03. The third-order valence-electron chi connectivity index (χ3n) is 4.52. The van der Waals surface area contributed by atoms with Gasteiger partial charge in [-0.15, -0.1) is 0 Å². The van der Waals surface area contributed by atoms with Crippen molar-refractivity contribution in [2.24, 2.45) is 5.92 Å². The Kier molecular flexibility index (Phi) is 3.72. The number of anilines is 2. The van der Waals surface area contributed by atoms with Gasteiger partial charge in [-0.1, -0.05) is 0 Å². The van der Waals surface area contributed by atoms with E-state index in [-0.39, 0.29) is 11.8 Å². The molecule has 122 valence electrons. The van der Waals surface area contributed by atoms with E-state index in [0.29, 0.717) is 24.9 Å². The minimum absolute atomic E-state index is 0.0778. The van der Waals surface area contributed by atoms with Gasteiger partial charge in [-0.25, -0.2) is 4.39 Å². The molecule has 24 heavy (non-hydrogen) atoms. The van der Waals surface area contributed by atoms with Crippen molar-refractivity contribution < 1.29 is 9.18 Å². The third kappa shape index (κ3) is 2.64. The van der Waals surface area contributed by atoms with Crippen molar-refractivity contribution in [3.05, 3.63) is 48.9 Å². The van der Waals surface area contributed by atoms with Crippen LogP contribution in [0.4, 0.5) is 15.8 Å². The molecule has 1 N–H and O–H groups in total. The van der Waals surface area contributed by atoms with E-state index in [9.17, 15) is 9.18 Å².